The summed E-state index contributed by atoms with van der Waals surface area (Å²) in [6.45, 7) is 8.34. The largest absolute Gasteiger partial charge is 0.379 e. The number of Topliss-reactive ketones (excluding diaryl/α,β-unsaturated/α-hetero) is 1. The van der Waals surface area contributed by atoms with Crippen LogP contribution in [0.5, 0.6) is 0 Å². The number of nitrogens with zero attached hydrogens (tertiary/aromatic N) is 2. The lowest BCUT2D eigenvalue weighted by Crippen LogP contribution is -2.56. The standard InChI is InChI=1S/C18H26N2O4.ClH/c1-11-9-18(2)10-12(21)13(11)14-15(18)17(23)20(16(14)22)4-3-19-5-7-24-8-6-19;/h11,13-15H,3-10H2,1-2H3;1H. The number of amides is 2. The van der Waals surface area contributed by atoms with Crippen molar-refractivity contribution in [2.75, 3.05) is 39.4 Å². The summed E-state index contributed by atoms with van der Waals surface area (Å²) < 4.78 is 5.34. The third-order valence-corrected chi connectivity index (χ3v) is 6.67. The van der Waals surface area contributed by atoms with Gasteiger partial charge in [0.2, 0.25) is 11.8 Å². The molecule has 2 bridgehead atoms. The van der Waals surface area contributed by atoms with Crippen LogP contribution in [0.25, 0.3) is 0 Å². The van der Waals surface area contributed by atoms with Crippen molar-refractivity contribution in [2.45, 2.75) is 26.7 Å². The van der Waals surface area contributed by atoms with Gasteiger partial charge in [0.15, 0.2) is 0 Å². The van der Waals surface area contributed by atoms with Gasteiger partial charge in [-0.25, -0.2) is 0 Å². The highest BCUT2D eigenvalue weighted by molar-refractivity contribution is 6.09. The summed E-state index contributed by atoms with van der Waals surface area (Å²) in [5.41, 5.74) is -0.337. The molecular formula is C18H27ClN2O4. The molecule has 7 heteroatoms. The Labute approximate surface area is 154 Å². The highest BCUT2D eigenvalue weighted by Gasteiger charge is 2.66. The van der Waals surface area contributed by atoms with Crippen LogP contribution in [0.2, 0.25) is 0 Å². The van der Waals surface area contributed by atoms with E-state index in [9.17, 15) is 14.4 Å². The normalized spacial score (nSPS) is 41.0. The monoisotopic (exact) mass is 370 g/mol. The predicted octanol–water partition coefficient (Wildman–Crippen LogP) is 0.977. The quantitative estimate of drug-likeness (QED) is 0.693. The predicted molar refractivity (Wildman–Crippen MR) is 93.2 cm³/mol. The third kappa shape index (κ3) is 2.82. The number of carbonyl (C=O) groups is 3. The molecule has 6 nitrogen and oxygen atoms in total. The first kappa shape index (κ1) is 18.8. The summed E-state index contributed by atoms with van der Waals surface area (Å²) in [6.07, 6.45) is 1.33. The molecule has 5 rings (SSSR count). The smallest absolute Gasteiger partial charge is 0.233 e. The summed E-state index contributed by atoms with van der Waals surface area (Å²) in [7, 11) is 0. The molecule has 5 aliphatic rings. The Morgan fingerprint density at radius 3 is 2.40 bits per heavy atom. The SMILES string of the molecule is CC1CC2(C)CC(=O)C1C1C(=O)N(CCN3CCOCC3)C(=O)C12.Cl. The lowest BCUT2D eigenvalue weighted by molar-refractivity contribution is -0.157. The van der Waals surface area contributed by atoms with Gasteiger partial charge in [0.1, 0.15) is 5.78 Å². The fraction of sp³-hybridized carbons (Fsp3) is 0.833. The average molecular weight is 371 g/mol. The molecular weight excluding hydrogens is 344 g/mol. The minimum absolute atomic E-state index is 0. The van der Waals surface area contributed by atoms with Crippen molar-refractivity contribution in [3.05, 3.63) is 0 Å². The molecule has 0 N–H and O–H groups in total. The molecule has 140 valence electrons. The van der Waals surface area contributed by atoms with Gasteiger partial charge in [0, 0.05) is 38.5 Å². The summed E-state index contributed by atoms with van der Waals surface area (Å²) in [5, 5.41) is 0. The molecule has 2 heterocycles. The van der Waals surface area contributed by atoms with E-state index in [1.807, 2.05) is 6.92 Å². The van der Waals surface area contributed by atoms with Gasteiger partial charge in [-0.15, -0.1) is 12.4 Å². The second kappa shape index (κ2) is 6.63. The zero-order valence-corrected chi connectivity index (χ0v) is 15.7. The van der Waals surface area contributed by atoms with Crippen molar-refractivity contribution in [3.8, 4) is 0 Å². The zero-order valence-electron chi connectivity index (χ0n) is 14.9. The lowest BCUT2D eigenvalue weighted by Gasteiger charge is -2.52. The van der Waals surface area contributed by atoms with Crippen LogP contribution in [0.15, 0.2) is 0 Å². The number of likely N-dealkylation sites (tertiary alicyclic amines) is 1. The number of carbonyl (C=O) groups excluding carboxylic acids is 3. The van der Waals surface area contributed by atoms with E-state index in [4.69, 9.17) is 4.74 Å². The summed E-state index contributed by atoms with van der Waals surface area (Å²) in [4.78, 5) is 42.1. The van der Waals surface area contributed by atoms with Gasteiger partial charge in [-0.1, -0.05) is 13.8 Å². The Bertz CT molecular complexity index is 592. The van der Waals surface area contributed by atoms with E-state index in [-0.39, 0.29) is 53.2 Å². The molecule has 2 aliphatic heterocycles. The molecule has 0 aromatic rings. The minimum atomic E-state index is -0.405. The van der Waals surface area contributed by atoms with Crippen molar-refractivity contribution < 1.29 is 19.1 Å². The number of morpholine rings is 1. The molecule has 2 amide bonds. The Balaban J connectivity index is 0.00000182. The molecule has 5 atom stereocenters. The van der Waals surface area contributed by atoms with E-state index >= 15 is 0 Å². The molecule has 0 aromatic heterocycles. The molecule has 0 spiro atoms. The molecule has 5 fully saturated rings. The van der Waals surface area contributed by atoms with Gasteiger partial charge in [-0.05, 0) is 17.8 Å². The van der Waals surface area contributed by atoms with Crippen molar-refractivity contribution >= 4 is 30.0 Å². The first-order chi connectivity index (χ1) is 11.4. The minimum Gasteiger partial charge on any atom is -0.379 e. The van der Waals surface area contributed by atoms with Crippen LogP contribution in [0.1, 0.15) is 26.7 Å². The fourth-order valence-corrected chi connectivity index (χ4v) is 5.69. The Hall–Kier alpha value is -0.980. The zero-order chi connectivity index (χ0) is 17.1. The van der Waals surface area contributed by atoms with E-state index in [1.165, 1.54) is 4.90 Å². The first-order valence-corrected chi connectivity index (χ1v) is 9.10. The maximum Gasteiger partial charge on any atom is 0.233 e. The van der Waals surface area contributed by atoms with Crippen LogP contribution in [0.4, 0.5) is 0 Å². The number of hydrogen-bond acceptors (Lipinski definition) is 5. The number of ether oxygens (including phenoxy) is 1. The number of halogens is 1. The van der Waals surface area contributed by atoms with E-state index < -0.39 is 5.92 Å². The second-order valence-electron chi connectivity index (χ2n) is 8.29. The van der Waals surface area contributed by atoms with Gasteiger partial charge >= 0.3 is 0 Å². The van der Waals surface area contributed by atoms with Crippen molar-refractivity contribution in [2.24, 2.45) is 29.1 Å². The highest BCUT2D eigenvalue weighted by atomic mass is 35.5. The van der Waals surface area contributed by atoms with Crippen LogP contribution in [-0.2, 0) is 19.1 Å². The second-order valence-corrected chi connectivity index (χ2v) is 8.29. The van der Waals surface area contributed by atoms with Gasteiger partial charge in [0.25, 0.3) is 0 Å². The van der Waals surface area contributed by atoms with Crippen LogP contribution in [0.3, 0.4) is 0 Å². The van der Waals surface area contributed by atoms with Crippen LogP contribution < -0.4 is 0 Å². The molecule has 3 aliphatic carbocycles. The Kier molecular flexibility index (Phi) is 4.99. The van der Waals surface area contributed by atoms with Crippen molar-refractivity contribution in [1.29, 1.82) is 0 Å². The van der Waals surface area contributed by atoms with E-state index in [1.54, 1.807) is 0 Å². The van der Waals surface area contributed by atoms with Crippen molar-refractivity contribution in [1.82, 2.24) is 9.80 Å². The van der Waals surface area contributed by atoms with Gasteiger partial charge in [-0.2, -0.15) is 0 Å². The van der Waals surface area contributed by atoms with E-state index in [0.717, 1.165) is 19.5 Å². The molecule has 0 radical (unpaired) electrons. The number of ketones is 1. The highest BCUT2D eigenvalue weighted by Crippen LogP contribution is 2.60. The van der Waals surface area contributed by atoms with Gasteiger partial charge in [0.05, 0.1) is 25.0 Å². The van der Waals surface area contributed by atoms with E-state index in [2.05, 4.69) is 11.8 Å². The fourth-order valence-electron chi connectivity index (χ4n) is 5.69. The van der Waals surface area contributed by atoms with Gasteiger partial charge < -0.3 is 4.74 Å². The molecule has 3 saturated carbocycles. The van der Waals surface area contributed by atoms with E-state index in [0.29, 0.717) is 32.7 Å². The molecule has 2 saturated heterocycles. The lowest BCUT2D eigenvalue weighted by atomic mass is 9.48. The van der Waals surface area contributed by atoms with Gasteiger partial charge in [-0.3, -0.25) is 24.2 Å². The van der Waals surface area contributed by atoms with Crippen LogP contribution in [-0.4, -0.2) is 66.8 Å². The number of fused-ring (bicyclic) bond motifs is 2. The average Bonchev–Trinajstić information content (AvgIpc) is 2.78. The third-order valence-electron chi connectivity index (χ3n) is 6.67. The number of hydrogen-bond donors (Lipinski definition) is 0. The Morgan fingerprint density at radius 1 is 1.08 bits per heavy atom. The summed E-state index contributed by atoms with van der Waals surface area (Å²) in [6, 6.07) is 0. The van der Waals surface area contributed by atoms with Crippen molar-refractivity contribution in [3.63, 3.8) is 0 Å². The number of rotatable bonds is 3. The maximum absolute atomic E-state index is 13.0. The molecule has 0 aromatic carbocycles. The maximum atomic E-state index is 13.0. The topological polar surface area (TPSA) is 66.9 Å². The first-order valence-electron chi connectivity index (χ1n) is 9.10. The summed E-state index contributed by atoms with van der Waals surface area (Å²) in [5.74, 6) is -0.686. The molecule has 25 heavy (non-hydrogen) atoms. The Morgan fingerprint density at radius 2 is 1.76 bits per heavy atom. The number of imide groups is 1. The van der Waals surface area contributed by atoms with Crippen LogP contribution >= 0.6 is 12.4 Å². The molecule has 5 unspecified atom stereocenters. The van der Waals surface area contributed by atoms with Crippen LogP contribution in [0, 0.1) is 29.1 Å². The summed E-state index contributed by atoms with van der Waals surface area (Å²) >= 11 is 0.